The first-order valence-electron chi connectivity index (χ1n) is 13.2. The van der Waals surface area contributed by atoms with Crippen molar-refractivity contribution in [2.75, 3.05) is 44.8 Å². The van der Waals surface area contributed by atoms with Crippen molar-refractivity contribution >= 4 is 17.7 Å². The van der Waals surface area contributed by atoms with E-state index in [0.29, 0.717) is 32.2 Å². The smallest absolute Gasteiger partial charge is 0.410 e. The average Bonchev–Trinajstić information content (AvgIpc) is 3.03. The number of aryl methyl sites for hydroxylation is 1. The number of methoxy groups -OCH3 is 1. The molecule has 202 valence electrons. The first-order chi connectivity index (χ1) is 16.7. The molecule has 0 aromatic carbocycles. The van der Waals surface area contributed by atoms with E-state index in [4.69, 9.17) is 14.5 Å². The van der Waals surface area contributed by atoms with E-state index in [1.54, 1.807) is 12.0 Å². The maximum atomic E-state index is 13.7. The zero-order chi connectivity index (χ0) is 26.8. The molecule has 0 aliphatic carbocycles. The lowest BCUT2D eigenvalue weighted by molar-refractivity contribution is -0.121. The fraction of sp³-hybridized carbons (Fsp3) is 0.750. The third-order valence-corrected chi connectivity index (χ3v) is 7.07. The van der Waals surface area contributed by atoms with Crippen LogP contribution in [-0.4, -0.2) is 84.4 Å². The van der Waals surface area contributed by atoms with E-state index >= 15 is 0 Å². The van der Waals surface area contributed by atoms with Gasteiger partial charge < -0.3 is 19.3 Å². The molecule has 1 aromatic heterocycles. The number of hydrogen-bond donors (Lipinski definition) is 0. The number of rotatable bonds is 7. The van der Waals surface area contributed by atoms with E-state index in [9.17, 15) is 9.59 Å². The van der Waals surface area contributed by atoms with Crippen molar-refractivity contribution in [1.29, 1.82) is 0 Å². The van der Waals surface area contributed by atoms with Gasteiger partial charge in [-0.05, 0) is 52.5 Å². The van der Waals surface area contributed by atoms with Crippen molar-refractivity contribution in [2.24, 2.45) is 5.92 Å². The highest BCUT2D eigenvalue weighted by atomic mass is 16.6. The summed E-state index contributed by atoms with van der Waals surface area (Å²) in [5.41, 5.74) is 2.45. The highest BCUT2D eigenvalue weighted by Crippen LogP contribution is 2.40. The molecule has 36 heavy (non-hydrogen) atoms. The number of hydrogen-bond acceptors (Lipinski definition) is 6. The van der Waals surface area contributed by atoms with Crippen LogP contribution in [0.15, 0.2) is 12.3 Å². The first-order valence-corrected chi connectivity index (χ1v) is 13.2. The molecule has 0 radical (unpaired) electrons. The van der Waals surface area contributed by atoms with Crippen LogP contribution >= 0.6 is 0 Å². The Bertz CT molecular complexity index is 940. The summed E-state index contributed by atoms with van der Waals surface area (Å²) in [6, 6.07) is 1.95. The topological polar surface area (TPSA) is 75.2 Å². The van der Waals surface area contributed by atoms with Crippen LogP contribution < -0.4 is 4.90 Å². The number of nitrogens with zero attached hydrogens (tertiary/aromatic N) is 4. The van der Waals surface area contributed by atoms with Crippen LogP contribution in [0.3, 0.4) is 0 Å². The van der Waals surface area contributed by atoms with E-state index in [0.717, 1.165) is 29.8 Å². The third-order valence-electron chi connectivity index (χ3n) is 7.07. The number of carbonyl (C=O) groups is 2. The fourth-order valence-corrected chi connectivity index (χ4v) is 5.08. The molecule has 0 N–H and O–H groups in total. The number of aromatic nitrogens is 1. The second kappa shape index (κ2) is 11.1. The van der Waals surface area contributed by atoms with E-state index in [1.165, 1.54) is 0 Å². The van der Waals surface area contributed by atoms with Crippen molar-refractivity contribution in [1.82, 2.24) is 14.8 Å². The van der Waals surface area contributed by atoms with E-state index in [-0.39, 0.29) is 36.0 Å². The Kier molecular flexibility index (Phi) is 8.71. The molecule has 8 heteroatoms. The average molecular weight is 503 g/mol. The van der Waals surface area contributed by atoms with E-state index in [2.05, 4.69) is 38.7 Å². The summed E-state index contributed by atoms with van der Waals surface area (Å²) in [6.07, 6.45) is 3.63. The maximum Gasteiger partial charge on any atom is 0.410 e. The highest BCUT2D eigenvalue weighted by molar-refractivity contribution is 5.97. The predicted octanol–water partition coefficient (Wildman–Crippen LogP) is 4.25. The first kappa shape index (κ1) is 28.4. The minimum atomic E-state index is -0.556. The van der Waals surface area contributed by atoms with E-state index in [1.807, 2.05) is 38.8 Å². The summed E-state index contributed by atoms with van der Waals surface area (Å²) >= 11 is 0. The Morgan fingerprint density at radius 1 is 1.22 bits per heavy atom. The van der Waals surface area contributed by atoms with Gasteiger partial charge in [0, 0.05) is 55.7 Å². The zero-order valence-electron chi connectivity index (χ0n) is 23.8. The number of fused-ring (bicyclic) bond motifs is 1. The second-order valence-corrected chi connectivity index (χ2v) is 12.5. The van der Waals surface area contributed by atoms with Gasteiger partial charge in [-0.2, -0.15) is 0 Å². The Labute approximate surface area is 217 Å². The number of ether oxygens (including phenoxy) is 2. The van der Waals surface area contributed by atoms with Crippen molar-refractivity contribution in [3.8, 4) is 0 Å². The van der Waals surface area contributed by atoms with Crippen LogP contribution in [0, 0.1) is 5.92 Å². The summed E-state index contributed by atoms with van der Waals surface area (Å²) < 4.78 is 11.1. The van der Waals surface area contributed by atoms with Gasteiger partial charge in [-0.25, -0.2) is 4.79 Å². The van der Waals surface area contributed by atoms with Crippen LogP contribution in [0.4, 0.5) is 10.5 Å². The number of carbonyl (C=O) groups excluding carboxylic acids is 2. The number of anilines is 1. The molecule has 0 spiro atoms. The Hall–Kier alpha value is -2.19. The lowest BCUT2D eigenvalue weighted by Crippen LogP contribution is -2.62. The largest absolute Gasteiger partial charge is 0.444 e. The van der Waals surface area contributed by atoms with E-state index < -0.39 is 5.60 Å². The van der Waals surface area contributed by atoms with Gasteiger partial charge >= 0.3 is 6.09 Å². The summed E-state index contributed by atoms with van der Waals surface area (Å²) in [4.78, 5) is 37.1. The number of pyridine rings is 1. The van der Waals surface area contributed by atoms with Gasteiger partial charge in [0.1, 0.15) is 5.60 Å². The second-order valence-electron chi connectivity index (χ2n) is 12.5. The van der Waals surface area contributed by atoms with Gasteiger partial charge in [0.2, 0.25) is 5.91 Å². The van der Waals surface area contributed by atoms with Gasteiger partial charge in [-0.1, -0.05) is 27.7 Å². The monoisotopic (exact) mass is 502 g/mol. The lowest BCUT2D eigenvalue weighted by atomic mass is 9.88. The molecule has 8 nitrogen and oxygen atoms in total. The van der Waals surface area contributed by atoms with Crippen LogP contribution in [0.2, 0.25) is 0 Å². The van der Waals surface area contributed by atoms with Crippen LogP contribution in [-0.2, 0) is 26.1 Å². The lowest BCUT2D eigenvalue weighted by Gasteiger charge is -2.45. The normalized spacial score (nSPS) is 22.2. The van der Waals surface area contributed by atoms with Gasteiger partial charge in [0.05, 0.1) is 24.9 Å². The summed E-state index contributed by atoms with van der Waals surface area (Å²) in [5, 5.41) is 0. The standard InChI is InChI=1S/C28H46N4O4/c1-19(2)10-11-21-12-24-23(13-29-21)28(7,8)18-32(24)25(33)16-30-14-20(3)31(15-22(30)17-35-9)26(34)36-27(4,5)6/h12-13,19-20,22H,10-11,14-18H2,1-9H3/t20-,22-/m1/s1. The van der Waals surface area contributed by atoms with Crippen LogP contribution in [0.25, 0.3) is 0 Å². The molecule has 0 unspecified atom stereocenters. The molecular weight excluding hydrogens is 456 g/mol. The van der Waals surface area contributed by atoms with Crippen LogP contribution in [0.1, 0.15) is 73.1 Å². The Morgan fingerprint density at radius 2 is 1.92 bits per heavy atom. The summed E-state index contributed by atoms with van der Waals surface area (Å²) in [7, 11) is 1.65. The zero-order valence-corrected chi connectivity index (χ0v) is 23.8. The SMILES string of the molecule is COC[C@H]1CN(C(=O)OC(C)(C)C)[C@H](C)CN1CC(=O)N1CC(C)(C)c2cnc(CCC(C)C)cc21. The van der Waals surface area contributed by atoms with Gasteiger partial charge in [-0.3, -0.25) is 14.7 Å². The molecule has 1 fully saturated rings. The molecule has 0 saturated carbocycles. The molecule has 2 aliphatic heterocycles. The maximum absolute atomic E-state index is 13.7. The molecule has 2 amide bonds. The van der Waals surface area contributed by atoms with Gasteiger partial charge in [-0.15, -0.1) is 0 Å². The quantitative estimate of drug-likeness (QED) is 0.555. The van der Waals surface area contributed by atoms with Crippen molar-refractivity contribution in [2.45, 2.75) is 91.3 Å². The molecule has 1 saturated heterocycles. The minimum absolute atomic E-state index is 0.0712. The molecule has 2 aliphatic rings. The third kappa shape index (κ3) is 6.76. The number of amides is 2. The Balaban J connectivity index is 1.76. The van der Waals surface area contributed by atoms with Crippen molar-refractivity contribution in [3.63, 3.8) is 0 Å². The Morgan fingerprint density at radius 3 is 2.53 bits per heavy atom. The minimum Gasteiger partial charge on any atom is -0.444 e. The number of piperazine rings is 1. The van der Waals surface area contributed by atoms with Crippen molar-refractivity contribution in [3.05, 3.63) is 23.5 Å². The molecule has 2 atom stereocenters. The van der Waals surface area contributed by atoms with Crippen LogP contribution in [0.5, 0.6) is 0 Å². The molecular formula is C28H46N4O4. The molecule has 3 heterocycles. The molecule has 1 aromatic rings. The van der Waals surface area contributed by atoms with Crippen molar-refractivity contribution < 1.29 is 19.1 Å². The van der Waals surface area contributed by atoms with Gasteiger partial charge in [0.15, 0.2) is 0 Å². The van der Waals surface area contributed by atoms with Gasteiger partial charge in [0.25, 0.3) is 0 Å². The fourth-order valence-electron chi connectivity index (χ4n) is 5.08. The summed E-state index contributed by atoms with van der Waals surface area (Å²) in [5.74, 6) is 0.676. The molecule has 0 bridgehead atoms. The summed E-state index contributed by atoms with van der Waals surface area (Å²) in [6.45, 7) is 18.8. The molecule has 3 rings (SSSR count). The highest BCUT2D eigenvalue weighted by Gasteiger charge is 2.41. The predicted molar refractivity (Wildman–Crippen MR) is 142 cm³/mol.